The Kier molecular flexibility index (Phi) is 17.1. The van der Waals surface area contributed by atoms with E-state index in [-0.39, 0.29) is 0 Å². The van der Waals surface area contributed by atoms with Crippen LogP contribution >= 0.6 is 0 Å². The van der Waals surface area contributed by atoms with Crippen molar-refractivity contribution in [3.05, 3.63) is 0 Å². The zero-order valence-corrected chi connectivity index (χ0v) is 31.2. The minimum absolute atomic E-state index is 0.805. The molecule has 0 aromatic heterocycles. The van der Waals surface area contributed by atoms with Crippen molar-refractivity contribution in [1.82, 2.24) is 5.32 Å². The second-order valence-corrected chi connectivity index (χ2v) is 14.7. The number of nitrogens with one attached hydrogen (secondary N) is 1. The second kappa shape index (κ2) is 20.8. The highest BCUT2D eigenvalue weighted by Crippen LogP contribution is 2.35. The Hall–Kier alpha value is -1.53. The molecule has 0 unspecified atom stereocenters. The molecule has 27 nitrogen and oxygen atoms in total. The maximum absolute atomic E-state index is 12.4. The van der Waals surface area contributed by atoms with E-state index >= 15 is 0 Å². The Labute approximate surface area is 333 Å². The molecule has 344 valence electrons. The Bertz CT molecular complexity index is 1320. The van der Waals surface area contributed by atoms with E-state index in [1.807, 2.05) is 0 Å². The van der Waals surface area contributed by atoms with E-state index in [9.17, 15) is 86.5 Å². The van der Waals surface area contributed by atoms with E-state index in [0.29, 0.717) is 0 Å². The summed E-state index contributed by atoms with van der Waals surface area (Å²) in [7, 11) is 0. The van der Waals surface area contributed by atoms with Crippen LogP contribution in [0, 0.1) is 0 Å². The molecule has 5 aliphatic rings. The van der Waals surface area contributed by atoms with Crippen molar-refractivity contribution in [2.45, 2.75) is 160 Å². The molecular weight excluding hydrogens is 814 g/mol. The Morgan fingerprint density at radius 3 is 1.29 bits per heavy atom. The average Bonchev–Trinajstić information content (AvgIpc) is 3.21. The van der Waals surface area contributed by atoms with Gasteiger partial charge in [-0.1, -0.05) is 0 Å². The number of carbonyl (C=O) groups is 1. The van der Waals surface area contributed by atoms with Gasteiger partial charge in [0.1, 0.15) is 122 Å². The zero-order chi connectivity index (χ0) is 43.6. The first-order valence-corrected chi connectivity index (χ1v) is 18.6. The van der Waals surface area contributed by atoms with Crippen molar-refractivity contribution in [2.75, 3.05) is 33.0 Å². The van der Waals surface area contributed by atoms with Crippen molar-refractivity contribution in [3.63, 3.8) is 0 Å². The highest BCUT2D eigenvalue weighted by molar-refractivity contribution is 5.73. The fourth-order valence-corrected chi connectivity index (χ4v) is 7.43. The van der Waals surface area contributed by atoms with Crippen LogP contribution in [0.25, 0.3) is 0 Å². The van der Waals surface area contributed by atoms with Crippen LogP contribution in [0.2, 0.25) is 0 Å². The summed E-state index contributed by atoms with van der Waals surface area (Å²) in [5.41, 5.74) is 0. The van der Waals surface area contributed by atoms with Gasteiger partial charge >= 0.3 is 0 Å². The van der Waals surface area contributed by atoms with Crippen molar-refractivity contribution in [3.8, 4) is 0 Å². The normalized spacial score (nSPS) is 51.0. The summed E-state index contributed by atoms with van der Waals surface area (Å²) in [6, 6.07) is -1.67. The van der Waals surface area contributed by atoms with Crippen LogP contribution in [0.15, 0.2) is 0 Å². The summed E-state index contributed by atoms with van der Waals surface area (Å²) >= 11 is 0. The van der Waals surface area contributed by atoms with Gasteiger partial charge in [-0.25, -0.2) is 0 Å². The number of ether oxygens (including phenoxy) is 9. The van der Waals surface area contributed by atoms with Crippen LogP contribution in [-0.4, -0.2) is 274 Å². The van der Waals surface area contributed by atoms with Crippen molar-refractivity contribution >= 4 is 5.91 Å². The third-order valence-corrected chi connectivity index (χ3v) is 10.7. The van der Waals surface area contributed by atoms with Gasteiger partial charge in [-0.05, 0) is 0 Å². The zero-order valence-electron chi connectivity index (χ0n) is 31.2. The Morgan fingerprint density at radius 2 is 0.780 bits per heavy atom. The maximum atomic E-state index is 12.4. The molecule has 0 aliphatic carbocycles. The van der Waals surface area contributed by atoms with Crippen molar-refractivity contribution in [2.24, 2.45) is 0 Å². The summed E-state index contributed by atoms with van der Waals surface area (Å²) in [6.45, 7) is -3.58. The third kappa shape index (κ3) is 10.2. The van der Waals surface area contributed by atoms with Crippen molar-refractivity contribution < 1.29 is 129 Å². The van der Waals surface area contributed by atoms with E-state index in [1.165, 1.54) is 0 Å². The summed E-state index contributed by atoms with van der Waals surface area (Å²) < 4.78 is 50.1. The van der Waals surface area contributed by atoms with Gasteiger partial charge in [-0.2, -0.15) is 0 Å². The molecule has 5 rings (SSSR count). The minimum Gasteiger partial charge on any atom is -0.394 e. The highest BCUT2D eigenvalue weighted by Gasteiger charge is 2.57. The number of rotatable bonds is 14. The molecule has 0 radical (unpaired) electrons. The summed E-state index contributed by atoms with van der Waals surface area (Å²) in [6.07, 6.45) is -44.4. The second-order valence-electron chi connectivity index (χ2n) is 14.7. The monoisotopic (exact) mass is 869 g/mol. The molecule has 0 aromatic rings. The van der Waals surface area contributed by atoms with Gasteiger partial charge in [-0.15, -0.1) is 0 Å². The lowest BCUT2D eigenvalue weighted by Gasteiger charge is -2.50. The van der Waals surface area contributed by atoms with Gasteiger partial charge in [0, 0.05) is 6.92 Å². The first-order valence-electron chi connectivity index (χ1n) is 18.6. The third-order valence-electron chi connectivity index (χ3n) is 10.7. The molecule has 25 atom stereocenters. The molecule has 1 amide bonds. The molecule has 17 N–H and O–H groups in total. The molecule has 5 fully saturated rings. The average molecular weight is 870 g/mol. The Morgan fingerprint density at radius 1 is 0.407 bits per heavy atom. The Balaban J connectivity index is 1.35. The SMILES string of the molecule is CC(=O)N[C@H]1[C@H](O[C@H]2[C@@H](O)[C@@H](CO)O[C@H](O[C@@H]3[C@H](O)[C@@H](O)[C@H](O[C@H]4[C@H](O)[C@@H](O)[C@@H](O)O[C@@H]4CO)O[C@@H]3CO)[C@@H]2O)O[C@H](CO)[C@H](O)[C@@H]1O[C@@H]1O[C@H](CO)[C@H](O)[C@H](O)[C@H]1O. The standard InChI is InChI=1S/C32H55NO26/c1-7(39)33-13-26(58-30-21(47)17(43)14(40)8(2-34)53-30)15(41)9(3-35)52-29(13)59-27-16(42)10(4-36)54-32(23(27)49)57-25-12(6-38)55-31(22(48)19(25)45)56-24-11(5-37)51-28(50)20(46)18(24)44/h8-32,34-38,40-50H,2-6H2,1H3,(H,33,39)/t8-,9-,10-,11-,12-,13-,14+,15+,16+,17+,18-,19-,20-,21-,22-,23-,24-,25+,26-,27+,28+,29+,30+,31+,32-/m1/s1. The summed E-state index contributed by atoms with van der Waals surface area (Å²) in [5, 5.41) is 169. The van der Waals surface area contributed by atoms with Crippen molar-refractivity contribution in [1.29, 1.82) is 0 Å². The van der Waals surface area contributed by atoms with Gasteiger partial charge in [0.05, 0.1) is 33.0 Å². The molecule has 5 saturated heterocycles. The molecule has 0 bridgehead atoms. The quantitative estimate of drug-likeness (QED) is 0.0770. The lowest BCUT2D eigenvalue weighted by Crippen LogP contribution is -2.70. The number of aliphatic hydroxyl groups excluding tert-OH is 16. The van der Waals surface area contributed by atoms with E-state index in [4.69, 9.17) is 42.6 Å². The number of amides is 1. The first kappa shape index (κ1) is 48.5. The molecule has 0 saturated carbocycles. The number of carbonyl (C=O) groups excluding carboxylic acids is 1. The van der Waals surface area contributed by atoms with Crippen LogP contribution in [0.3, 0.4) is 0 Å². The van der Waals surface area contributed by atoms with Gasteiger partial charge in [0.15, 0.2) is 31.5 Å². The van der Waals surface area contributed by atoms with E-state index in [1.54, 1.807) is 0 Å². The first-order chi connectivity index (χ1) is 27.9. The fourth-order valence-electron chi connectivity index (χ4n) is 7.43. The number of hydrogen-bond donors (Lipinski definition) is 17. The van der Waals surface area contributed by atoms with E-state index in [0.717, 1.165) is 6.92 Å². The summed E-state index contributed by atoms with van der Waals surface area (Å²) in [4.78, 5) is 12.4. The van der Waals surface area contributed by atoms with Crippen LogP contribution in [0.4, 0.5) is 0 Å². The fraction of sp³-hybridized carbons (Fsp3) is 0.969. The predicted molar refractivity (Wildman–Crippen MR) is 178 cm³/mol. The van der Waals surface area contributed by atoms with Crippen LogP contribution in [0.1, 0.15) is 6.92 Å². The van der Waals surface area contributed by atoms with Crippen LogP contribution in [-0.2, 0) is 47.4 Å². The van der Waals surface area contributed by atoms with Gasteiger partial charge in [-0.3, -0.25) is 4.79 Å². The molecule has 0 aromatic carbocycles. The minimum atomic E-state index is -2.15. The molecule has 5 aliphatic heterocycles. The van der Waals surface area contributed by atoms with Crippen LogP contribution < -0.4 is 5.32 Å². The van der Waals surface area contributed by atoms with E-state index in [2.05, 4.69) is 5.32 Å². The van der Waals surface area contributed by atoms with Gasteiger partial charge in [0.2, 0.25) is 5.91 Å². The lowest BCUT2D eigenvalue weighted by molar-refractivity contribution is -0.388. The molecule has 5 heterocycles. The molecular formula is C32H55NO26. The smallest absolute Gasteiger partial charge is 0.217 e. The number of hydrogen-bond acceptors (Lipinski definition) is 26. The maximum Gasteiger partial charge on any atom is 0.217 e. The van der Waals surface area contributed by atoms with Crippen LogP contribution in [0.5, 0.6) is 0 Å². The summed E-state index contributed by atoms with van der Waals surface area (Å²) in [5.74, 6) is -0.805. The topological polar surface area (TPSA) is 436 Å². The van der Waals surface area contributed by atoms with E-state index < -0.39 is 192 Å². The molecule has 27 heteroatoms. The molecule has 59 heavy (non-hydrogen) atoms. The largest absolute Gasteiger partial charge is 0.394 e. The van der Waals surface area contributed by atoms with Gasteiger partial charge in [0.25, 0.3) is 0 Å². The van der Waals surface area contributed by atoms with Gasteiger partial charge < -0.3 is 130 Å². The number of aliphatic hydroxyl groups is 16. The molecule has 0 spiro atoms. The lowest BCUT2D eigenvalue weighted by atomic mass is 9.94. The highest BCUT2D eigenvalue weighted by atomic mass is 16.8. The predicted octanol–water partition coefficient (Wildman–Crippen LogP) is -11.8.